The molecule has 6 nitrogen and oxygen atoms in total. The highest BCUT2D eigenvalue weighted by Gasteiger charge is 2.16. The fraction of sp³-hybridized carbons (Fsp3) is 0.316. The summed E-state index contributed by atoms with van der Waals surface area (Å²) >= 11 is 1.45. The molecule has 4 aromatic rings. The Labute approximate surface area is 155 Å². The van der Waals surface area contributed by atoms with Crippen LogP contribution < -0.4 is 10.5 Å². The zero-order chi connectivity index (χ0) is 18.4. The van der Waals surface area contributed by atoms with Crippen LogP contribution in [0, 0.1) is 0 Å². The number of anilines is 1. The summed E-state index contributed by atoms with van der Waals surface area (Å²) in [6, 6.07) is 10.6. The number of nitrogens with zero attached hydrogens (tertiary/aromatic N) is 5. The topological polar surface area (TPSA) is 55.4 Å². The van der Waals surface area contributed by atoms with E-state index in [1.54, 1.807) is 11.6 Å². The second-order valence-electron chi connectivity index (χ2n) is 6.85. The van der Waals surface area contributed by atoms with Crippen molar-refractivity contribution in [3.63, 3.8) is 0 Å². The molecule has 4 rings (SSSR count). The lowest BCUT2D eigenvalue weighted by Crippen LogP contribution is -2.21. The molecule has 0 unspecified atom stereocenters. The number of aryl methyl sites for hydroxylation is 1. The largest absolute Gasteiger partial charge is 0.367 e. The molecule has 0 spiro atoms. The Morgan fingerprint density at radius 1 is 1.15 bits per heavy atom. The van der Waals surface area contributed by atoms with Crippen molar-refractivity contribution in [2.75, 3.05) is 11.9 Å². The van der Waals surface area contributed by atoms with Crippen molar-refractivity contribution < 1.29 is 0 Å². The average molecular weight is 367 g/mol. The summed E-state index contributed by atoms with van der Waals surface area (Å²) in [5.74, 6) is 1.90. The molecule has 0 aliphatic carbocycles. The second-order valence-corrected chi connectivity index (χ2v) is 7.77. The summed E-state index contributed by atoms with van der Waals surface area (Å²) < 4.78 is 4.27. The minimum atomic E-state index is -0.0286. The molecule has 0 bridgehead atoms. The van der Waals surface area contributed by atoms with E-state index < -0.39 is 0 Å². The van der Waals surface area contributed by atoms with E-state index in [9.17, 15) is 4.79 Å². The van der Waals surface area contributed by atoms with E-state index in [1.165, 1.54) is 16.9 Å². The number of rotatable bonds is 4. The number of hydrogen-bond donors (Lipinski definition) is 0. The van der Waals surface area contributed by atoms with Gasteiger partial charge in [0, 0.05) is 19.8 Å². The van der Waals surface area contributed by atoms with Gasteiger partial charge in [0.2, 0.25) is 5.78 Å². The van der Waals surface area contributed by atoms with Crippen LogP contribution in [0.2, 0.25) is 0 Å². The van der Waals surface area contributed by atoms with Crippen molar-refractivity contribution in [2.24, 2.45) is 7.05 Å². The van der Waals surface area contributed by atoms with Gasteiger partial charge in [-0.3, -0.25) is 13.8 Å². The zero-order valence-electron chi connectivity index (χ0n) is 15.3. The molecule has 0 aliphatic rings. The highest BCUT2D eigenvalue weighted by atomic mass is 32.1. The van der Waals surface area contributed by atoms with Crippen LogP contribution in [-0.2, 0) is 13.6 Å². The van der Waals surface area contributed by atoms with Gasteiger partial charge in [-0.15, -0.1) is 21.5 Å². The van der Waals surface area contributed by atoms with Crippen molar-refractivity contribution in [2.45, 2.75) is 26.3 Å². The molecular formula is C19H21N5OS. The maximum Gasteiger partial charge on any atom is 0.272 e. The first-order chi connectivity index (χ1) is 12.5. The van der Waals surface area contributed by atoms with Crippen molar-refractivity contribution in [3.05, 3.63) is 57.5 Å². The van der Waals surface area contributed by atoms with Gasteiger partial charge in [-0.05, 0) is 35.1 Å². The first kappa shape index (κ1) is 16.8. The molecule has 0 saturated heterocycles. The van der Waals surface area contributed by atoms with Gasteiger partial charge in [0.1, 0.15) is 4.70 Å². The van der Waals surface area contributed by atoms with Crippen LogP contribution in [0.1, 0.15) is 31.2 Å². The van der Waals surface area contributed by atoms with E-state index in [0.29, 0.717) is 18.2 Å². The van der Waals surface area contributed by atoms with Crippen LogP contribution in [0.15, 0.2) is 40.5 Å². The molecule has 0 aliphatic heterocycles. The number of thiophene rings is 1. The first-order valence-corrected chi connectivity index (χ1v) is 9.46. The SMILES string of the molecule is CC(C)c1ccc(N(C)Cc2nnc3n(C)c(=O)c4sccc4n23)cc1. The Morgan fingerprint density at radius 3 is 2.58 bits per heavy atom. The van der Waals surface area contributed by atoms with Crippen LogP contribution >= 0.6 is 11.3 Å². The summed E-state index contributed by atoms with van der Waals surface area (Å²) in [6.45, 7) is 4.99. The highest BCUT2D eigenvalue weighted by Crippen LogP contribution is 2.22. The summed E-state index contributed by atoms with van der Waals surface area (Å²) in [7, 11) is 3.78. The molecule has 0 saturated carbocycles. The van der Waals surface area contributed by atoms with Gasteiger partial charge in [-0.25, -0.2) is 0 Å². The van der Waals surface area contributed by atoms with Gasteiger partial charge in [-0.1, -0.05) is 26.0 Å². The van der Waals surface area contributed by atoms with E-state index in [4.69, 9.17) is 0 Å². The van der Waals surface area contributed by atoms with Gasteiger partial charge in [0.25, 0.3) is 5.56 Å². The molecule has 3 heterocycles. The Kier molecular flexibility index (Phi) is 4.03. The van der Waals surface area contributed by atoms with Crippen LogP contribution in [0.3, 0.4) is 0 Å². The maximum absolute atomic E-state index is 12.4. The fourth-order valence-corrected chi connectivity index (χ4v) is 4.02. The van der Waals surface area contributed by atoms with Crippen LogP contribution in [0.5, 0.6) is 0 Å². The minimum Gasteiger partial charge on any atom is -0.367 e. The van der Waals surface area contributed by atoms with E-state index in [0.717, 1.165) is 21.7 Å². The van der Waals surface area contributed by atoms with Crippen LogP contribution in [-0.4, -0.2) is 26.2 Å². The third kappa shape index (κ3) is 2.59. The predicted molar refractivity (Wildman–Crippen MR) is 106 cm³/mol. The zero-order valence-corrected chi connectivity index (χ0v) is 16.1. The van der Waals surface area contributed by atoms with Crippen molar-refractivity contribution in [3.8, 4) is 0 Å². The third-order valence-electron chi connectivity index (χ3n) is 4.78. The quantitative estimate of drug-likeness (QED) is 0.555. The lowest BCUT2D eigenvalue weighted by Gasteiger charge is -2.19. The molecule has 0 fully saturated rings. The molecule has 1 aromatic carbocycles. The summed E-state index contributed by atoms with van der Waals surface area (Å²) in [5, 5.41) is 10.5. The molecule has 0 atom stereocenters. The lowest BCUT2D eigenvalue weighted by molar-refractivity contribution is 0.819. The Hall–Kier alpha value is -2.67. The highest BCUT2D eigenvalue weighted by molar-refractivity contribution is 7.17. The normalized spacial score (nSPS) is 11.7. The van der Waals surface area contributed by atoms with Gasteiger partial charge in [0.15, 0.2) is 5.82 Å². The van der Waals surface area contributed by atoms with E-state index in [-0.39, 0.29) is 5.56 Å². The molecule has 0 N–H and O–H groups in total. The Balaban J connectivity index is 1.74. The molecule has 3 aromatic heterocycles. The van der Waals surface area contributed by atoms with Crippen LogP contribution in [0.25, 0.3) is 16.0 Å². The predicted octanol–water partition coefficient (Wildman–Crippen LogP) is 3.40. The number of aromatic nitrogens is 4. The van der Waals surface area contributed by atoms with E-state index in [1.807, 2.05) is 22.9 Å². The van der Waals surface area contributed by atoms with Gasteiger partial charge >= 0.3 is 0 Å². The average Bonchev–Trinajstić information content (AvgIpc) is 3.26. The third-order valence-corrected chi connectivity index (χ3v) is 5.67. The van der Waals surface area contributed by atoms with Crippen LogP contribution in [0.4, 0.5) is 5.69 Å². The van der Waals surface area contributed by atoms with Gasteiger partial charge < -0.3 is 4.90 Å². The van der Waals surface area contributed by atoms with Crippen molar-refractivity contribution in [1.29, 1.82) is 0 Å². The maximum atomic E-state index is 12.4. The van der Waals surface area contributed by atoms with Gasteiger partial charge in [-0.2, -0.15) is 0 Å². The van der Waals surface area contributed by atoms with Crippen molar-refractivity contribution in [1.82, 2.24) is 19.2 Å². The van der Waals surface area contributed by atoms with Crippen molar-refractivity contribution >= 4 is 33.0 Å². The minimum absolute atomic E-state index is 0.0286. The monoisotopic (exact) mass is 367 g/mol. The summed E-state index contributed by atoms with van der Waals surface area (Å²) in [5.41, 5.74) is 3.29. The number of benzene rings is 1. The van der Waals surface area contributed by atoms with E-state index in [2.05, 4.69) is 53.2 Å². The molecule has 134 valence electrons. The Morgan fingerprint density at radius 2 is 1.88 bits per heavy atom. The molecule has 7 heteroatoms. The molecule has 0 amide bonds. The first-order valence-electron chi connectivity index (χ1n) is 8.58. The number of hydrogen-bond acceptors (Lipinski definition) is 5. The lowest BCUT2D eigenvalue weighted by atomic mass is 10.0. The summed E-state index contributed by atoms with van der Waals surface area (Å²) in [4.78, 5) is 14.6. The fourth-order valence-electron chi connectivity index (χ4n) is 3.17. The van der Waals surface area contributed by atoms with E-state index >= 15 is 0 Å². The molecule has 0 radical (unpaired) electrons. The standard InChI is InChI=1S/C19H21N5OS/c1-12(2)13-5-7-14(8-6-13)22(3)11-16-20-21-19-23(4)18(25)17-15(24(16)19)9-10-26-17/h5-10,12H,11H2,1-4H3. The molecular weight excluding hydrogens is 346 g/mol. The van der Waals surface area contributed by atoms with Gasteiger partial charge in [0.05, 0.1) is 12.1 Å². The number of fused-ring (bicyclic) bond motifs is 3. The molecule has 26 heavy (non-hydrogen) atoms. The smallest absolute Gasteiger partial charge is 0.272 e. The second kappa shape index (κ2) is 6.25. The Bertz CT molecular complexity index is 1140. The summed E-state index contributed by atoms with van der Waals surface area (Å²) in [6.07, 6.45) is 0.